The summed E-state index contributed by atoms with van der Waals surface area (Å²) in [5.74, 6) is 0. The molecular weight excluding hydrogens is 440 g/mol. The Balaban J connectivity index is 0.000000350. The van der Waals surface area contributed by atoms with E-state index in [4.69, 9.17) is 13.0 Å². The van der Waals surface area contributed by atoms with Gasteiger partial charge in [0.25, 0.3) is 0 Å². The topological polar surface area (TPSA) is 57.2 Å². The van der Waals surface area contributed by atoms with Crippen molar-refractivity contribution in [1.82, 2.24) is 0 Å². The zero-order valence-corrected chi connectivity index (χ0v) is 16.9. The van der Waals surface area contributed by atoms with Gasteiger partial charge in [0.1, 0.15) is 11.3 Å². The molecule has 9 heteroatoms. The Labute approximate surface area is 171 Å². The molecule has 1 aromatic rings. The van der Waals surface area contributed by atoms with Gasteiger partial charge in [0.15, 0.2) is 10.1 Å². The normalized spacial score (nSPS) is 19.3. The minimum atomic E-state index is -6.09. The summed E-state index contributed by atoms with van der Waals surface area (Å²) in [6.07, 6.45) is 17.6. The quantitative estimate of drug-likeness (QED) is 0.302. The second-order valence-corrected chi connectivity index (χ2v) is 10.5. The van der Waals surface area contributed by atoms with Gasteiger partial charge in [0, 0.05) is 25.7 Å². The fourth-order valence-electron chi connectivity index (χ4n) is 2.50. The number of halogens is 3. The number of benzene rings is 1. The minimum Gasteiger partial charge on any atom is -0.741 e. The van der Waals surface area contributed by atoms with Crippen LogP contribution in [0.5, 0.6) is 0 Å². The van der Waals surface area contributed by atoms with E-state index in [1.165, 1.54) is 16.6 Å². The molecular formula is C18H16F3FeO3PS+2. The van der Waals surface area contributed by atoms with Crippen molar-refractivity contribution in [3.8, 4) is 0 Å². The first kappa shape index (κ1) is 24.9. The SMILES string of the molecule is C[P+]([C]1[CH][CH][CH][CH]1)([C]1[CH][CH][CH][CH]1)c1ccccc1.O=S(=O)([O-])C(F)(F)F.[Fe+2]. The van der Waals surface area contributed by atoms with Crippen molar-refractivity contribution in [3.05, 3.63) is 93.0 Å². The van der Waals surface area contributed by atoms with E-state index in [2.05, 4.69) is 88.4 Å². The van der Waals surface area contributed by atoms with Gasteiger partial charge in [0.2, 0.25) is 0 Å². The molecule has 0 atom stereocenters. The number of rotatable bonds is 3. The fraction of sp³-hybridized carbons (Fsp3) is 0.111. The van der Waals surface area contributed by atoms with Crippen LogP contribution in [0.4, 0.5) is 13.2 Å². The van der Waals surface area contributed by atoms with Crippen molar-refractivity contribution in [1.29, 1.82) is 0 Å². The van der Waals surface area contributed by atoms with Gasteiger partial charge in [-0.2, -0.15) is 13.2 Å². The molecule has 0 aliphatic heterocycles. The van der Waals surface area contributed by atoms with Crippen LogP contribution < -0.4 is 5.30 Å². The van der Waals surface area contributed by atoms with E-state index in [9.17, 15) is 13.2 Å². The molecule has 0 saturated heterocycles. The van der Waals surface area contributed by atoms with Crippen LogP contribution in [0.15, 0.2) is 30.3 Å². The summed E-state index contributed by atoms with van der Waals surface area (Å²) >= 11 is 0. The van der Waals surface area contributed by atoms with Crippen LogP contribution in [0.25, 0.3) is 0 Å². The van der Waals surface area contributed by atoms with Crippen molar-refractivity contribution in [2.75, 3.05) is 6.66 Å². The molecule has 3 rings (SSSR count). The van der Waals surface area contributed by atoms with Gasteiger partial charge in [-0.3, -0.25) is 0 Å². The van der Waals surface area contributed by atoms with Crippen LogP contribution in [-0.2, 0) is 27.2 Å². The summed E-state index contributed by atoms with van der Waals surface area (Å²) in [7, 11) is -7.52. The van der Waals surface area contributed by atoms with E-state index in [0.29, 0.717) is 0 Å². The number of hydrogen-bond donors (Lipinski definition) is 0. The molecule has 0 N–H and O–H groups in total. The minimum absolute atomic E-state index is 0. The van der Waals surface area contributed by atoms with Crippen LogP contribution in [-0.4, -0.2) is 25.1 Å². The molecule has 0 spiro atoms. The molecule has 0 heterocycles. The van der Waals surface area contributed by atoms with E-state index in [1.807, 2.05) is 0 Å². The molecule has 10 radical (unpaired) electrons. The molecule has 2 aliphatic rings. The van der Waals surface area contributed by atoms with Crippen molar-refractivity contribution in [2.45, 2.75) is 5.51 Å². The first-order valence-corrected chi connectivity index (χ1v) is 11.1. The standard InChI is InChI=1S/C17H16P.CHF3O3S.Fe/c1-18(16-11-5-6-12-16,17-13-7-8-14-17)15-9-3-2-4-10-15;2-1(3,4)8(5,6)7;/h2-14H,1H3;(H,5,6,7);/q+1;;+2/p-1. The molecule has 2 fully saturated rings. The van der Waals surface area contributed by atoms with Crippen molar-refractivity contribution in [3.63, 3.8) is 0 Å². The zero-order valence-electron chi connectivity index (χ0n) is 14.1. The van der Waals surface area contributed by atoms with Gasteiger partial charge in [-0.05, 0) is 37.8 Å². The predicted molar refractivity (Wildman–Crippen MR) is 95.6 cm³/mol. The third-order valence-corrected chi connectivity index (χ3v) is 8.44. The Morgan fingerprint density at radius 1 is 0.852 bits per heavy atom. The Hall–Kier alpha value is -0.131. The summed E-state index contributed by atoms with van der Waals surface area (Å²) in [5, 5.41) is 1.45. The zero-order chi connectivity index (χ0) is 19.4. The first-order valence-electron chi connectivity index (χ1n) is 7.45. The summed E-state index contributed by atoms with van der Waals surface area (Å²) in [4.78, 5) is 0. The van der Waals surface area contributed by atoms with Gasteiger partial charge in [-0.15, -0.1) is 0 Å². The third kappa shape index (κ3) is 6.17. The summed E-state index contributed by atoms with van der Waals surface area (Å²) in [6, 6.07) is 10.9. The third-order valence-electron chi connectivity index (χ3n) is 3.88. The number of hydrogen-bond acceptors (Lipinski definition) is 3. The first-order chi connectivity index (χ1) is 12.1. The van der Waals surface area contributed by atoms with Gasteiger partial charge in [0.05, 0.1) is 19.2 Å². The Morgan fingerprint density at radius 2 is 1.19 bits per heavy atom. The molecule has 0 amide bonds. The van der Waals surface area contributed by atoms with Gasteiger partial charge in [-0.25, -0.2) is 8.42 Å². The van der Waals surface area contributed by atoms with Crippen molar-refractivity contribution >= 4 is 22.7 Å². The van der Waals surface area contributed by atoms with Crippen molar-refractivity contribution < 1.29 is 43.2 Å². The van der Waals surface area contributed by atoms with Gasteiger partial charge >= 0.3 is 22.6 Å². The fourth-order valence-corrected chi connectivity index (χ4v) is 5.70. The Kier molecular flexibility index (Phi) is 9.29. The Bertz CT molecular complexity index is 655. The smallest absolute Gasteiger partial charge is 0.741 e. The van der Waals surface area contributed by atoms with E-state index in [-0.39, 0.29) is 17.1 Å². The molecule has 2 saturated carbocycles. The van der Waals surface area contributed by atoms with E-state index in [1.54, 1.807) is 0 Å². The van der Waals surface area contributed by atoms with Crippen LogP contribution in [0.2, 0.25) is 0 Å². The summed E-state index contributed by atoms with van der Waals surface area (Å²) in [6.45, 7) is 2.41. The second kappa shape index (κ2) is 10.1. The van der Waals surface area contributed by atoms with Gasteiger partial charge < -0.3 is 4.55 Å². The van der Waals surface area contributed by atoms with Gasteiger partial charge in [-0.1, -0.05) is 18.2 Å². The van der Waals surface area contributed by atoms with Crippen LogP contribution >= 0.6 is 7.26 Å². The van der Waals surface area contributed by atoms with E-state index in [0.717, 1.165) is 0 Å². The van der Waals surface area contributed by atoms with E-state index < -0.39 is 22.9 Å². The predicted octanol–water partition coefficient (Wildman–Crippen LogP) is 3.73. The van der Waals surface area contributed by atoms with Crippen LogP contribution in [0.3, 0.4) is 0 Å². The molecule has 3 nitrogen and oxygen atoms in total. The molecule has 144 valence electrons. The second-order valence-electron chi connectivity index (χ2n) is 5.53. The Morgan fingerprint density at radius 3 is 1.48 bits per heavy atom. The molecule has 27 heavy (non-hydrogen) atoms. The van der Waals surface area contributed by atoms with Crippen LogP contribution in [0, 0.1) is 62.7 Å². The average molecular weight is 456 g/mol. The number of alkyl halides is 3. The maximum Gasteiger partial charge on any atom is 2.00 e. The molecule has 2 aliphatic carbocycles. The molecule has 0 unspecified atom stereocenters. The monoisotopic (exact) mass is 456 g/mol. The maximum absolute atomic E-state index is 10.7. The largest absolute Gasteiger partial charge is 2.00 e. The van der Waals surface area contributed by atoms with Crippen LogP contribution in [0.1, 0.15) is 0 Å². The van der Waals surface area contributed by atoms with Crippen molar-refractivity contribution in [2.24, 2.45) is 0 Å². The summed E-state index contributed by atoms with van der Waals surface area (Å²) in [5.41, 5.74) is -2.73. The maximum atomic E-state index is 10.7. The molecule has 0 bridgehead atoms. The van der Waals surface area contributed by atoms with E-state index >= 15 is 0 Å². The average Bonchev–Trinajstić information content (AvgIpc) is 3.27. The molecule has 0 aromatic heterocycles. The summed E-state index contributed by atoms with van der Waals surface area (Å²) < 4.78 is 58.9. The molecule has 1 aromatic carbocycles.